The van der Waals surface area contributed by atoms with Gasteiger partial charge in [0.15, 0.2) is 0 Å². The molecule has 0 bridgehead atoms. The fourth-order valence-corrected chi connectivity index (χ4v) is 3.14. The first-order valence-electron chi connectivity index (χ1n) is 8.50. The summed E-state index contributed by atoms with van der Waals surface area (Å²) >= 11 is 0. The van der Waals surface area contributed by atoms with Gasteiger partial charge in [0.25, 0.3) is 0 Å². The van der Waals surface area contributed by atoms with Crippen molar-refractivity contribution in [2.45, 2.75) is 39.5 Å². The molecule has 0 aromatic rings. The minimum Gasteiger partial charge on any atom is -0.330 e. The molecule has 0 heterocycles. The maximum Gasteiger partial charge on any atom is -0.00486 e. The van der Waals surface area contributed by atoms with Crippen LogP contribution in [-0.4, -0.2) is 32.7 Å². The van der Waals surface area contributed by atoms with Crippen molar-refractivity contribution < 1.29 is 0 Å². The highest BCUT2D eigenvalue weighted by atomic mass is 14.6. The fraction of sp³-hybridized carbons (Fsp3) is 1.00. The summed E-state index contributed by atoms with van der Waals surface area (Å²) in [5, 5.41) is 0. The van der Waals surface area contributed by atoms with Crippen LogP contribution in [0.2, 0.25) is 0 Å². The summed E-state index contributed by atoms with van der Waals surface area (Å²) in [6.07, 6.45) is 4.36. The molecule has 0 saturated heterocycles. The van der Waals surface area contributed by atoms with Crippen molar-refractivity contribution in [2.75, 3.05) is 32.7 Å². The molecule has 0 aromatic carbocycles. The van der Waals surface area contributed by atoms with E-state index in [1.807, 2.05) is 0 Å². The predicted octanol–water partition coefficient (Wildman–Crippen LogP) is 0.461. The highest BCUT2D eigenvalue weighted by Gasteiger charge is 2.21. The van der Waals surface area contributed by atoms with Gasteiger partial charge in [0.1, 0.15) is 0 Å². The Hall–Kier alpha value is -0.200. The van der Waals surface area contributed by atoms with Crippen LogP contribution in [0.1, 0.15) is 39.5 Å². The minimum absolute atomic E-state index is 0.502. The van der Waals surface area contributed by atoms with Crippen LogP contribution in [-0.2, 0) is 0 Å². The molecule has 4 unspecified atom stereocenters. The highest BCUT2D eigenvalue weighted by molar-refractivity contribution is 4.75. The molecular formula is C16H39N5. The van der Waals surface area contributed by atoms with Crippen LogP contribution in [0.3, 0.4) is 0 Å². The first-order chi connectivity index (χ1) is 10.00. The normalized spacial score (nSPS) is 19.0. The van der Waals surface area contributed by atoms with Crippen molar-refractivity contribution >= 4 is 0 Å². The number of nitrogens with two attached hydrogens (primary N) is 5. The Morgan fingerprint density at radius 2 is 0.762 bits per heavy atom. The summed E-state index contributed by atoms with van der Waals surface area (Å²) in [6.45, 7) is 7.96. The van der Waals surface area contributed by atoms with E-state index in [0.717, 1.165) is 38.8 Å². The first kappa shape index (κ1) is 20.8. The van der Waals surface area contributed by atoms with Gasteiger partial charge in [-0.05, 0) is 88.0 Å². The molecule has 4 atom stereocenters. The molecule has 0 aromatic heterocycles. The first-order valence-corrected chi connectivity index (χ1v) is 8.50. The van der Waals surface area contributed by atoms with E-state index in [0.29, 0.717) is 49.2 Å². The molecule has 0 fully saturated rings. The second kappa shape index (κ2) is 12.4. The van der Waals surface area contributed by atoms with Crippen molar-refractivity contribution in [1.29, 1.82) is 0 Å². The number of hydrogen-bond donors (Lipinski definition) is 5. The van der Waals surface area contributed by atoms with E-state index in [-0.39, 0.29) is 0 Å². The van der Waals surface area contributed by atoms with Crippen molar-refractivity contribution in [1.82, 2.24) is 0 Å². The summed E-state index contributed by atoms with van der Waals surface area (Å²) in [4.78, 5) is 0. The Morgan fingerprint density at radius 3 is 1.00 bits per heavy atom. The van der Waals surface area contributed by atoms with Crippen LogP contribution in [0, 0.1) is 29.6 Å². The Kier molecular flexibility index (Phi) is 12.2. The van der Waals surface area contributed by atoms with E-state index in [1.54, 1.807) is 0 Å². The van der Waals surface area contributed by atoms with Gasteiger partial charge in [-0.2, -0.15) is 0 Å². The SMILES string of the molecule is CC(CN)CC(CN)CC(CN)CC(CN)CC(C)CN. The highest BCUT2D eigenvalue weighted by Crippen LogP contribution is 2.26. The van der Waals surface area contributed by atoms with Crippen LogP contribution < -0.4 is 28.7 Å². The molecule has 128 valence electrons. The van der Waals surface area contributed by atoms with Gasteiger partial charge in [-0.3, -0.25) is 0 Å². The van der Waals surface area contributed by atoms with E-state index in [1.165, 1.54) is 0 Å². The van der Waals surface area contributed by atoms with E-state index in [9.17, 15) is 0 Å². The van der Waals surface area contributed by atoms with Crippen molar-refractivity contribution in [3.8, 4) is 0 Å². The topological polar surface area (TPSA) is 130 Å². The van der Waals surface area contributed by atoms with E-state index < -0.39 is 0 Å². The summed E-state index contributed by atoms with van der Waals surface area (Å²) in [5.74, 6) is 2.59. The molecule has 0 rings (SSSR count). The largest absolute Gasteiger partial charge is 0.330 e. The molecule has 0 radical (unpaired) electrons. The molecule has 0 amide bonds. The van der Waals surface area contributed by atoms with Crippen LogP contribution in [0.15, 0.2) is 0 Å². The maximum atomic E-state index is 5.97. The molecule has 5 heteroatoms. The summed E-state index contributed by atoms with van der Waals surface area (Å²) < 4.78 is 0. The van der Waals surface area contributed by atoms with Gasteiger partial charge in [0.2, 0.25) is 0 Å². The van der Waals surface area contributed by atoms with Gasteiger partial charge >= 0.3 is 0 Å². The lowest BCUT2D eigenvalue weighted by atomic mass is 9.81. The van der Waals surface area contributed by atoms with Gasteiger partial charge in [-0.25, -0.2) is 0 Å². The quantitative estimate of drug-likeness (QED) is 0.337. The fourth-order valence-electron chi connectivity index (χ4n) is 3.14. The van der Waals surface area contributed by atoms with Crippen molar-refractivity contribution in [3.05, 3.63) is 0 Å². The molecule has 5 nitrogen and oxygen atoms in total. The Bertz CT molecular complexity index is 215. The molecule has 0 aliphatic heterocycles. The second-order valence-corrected chi connectivity index (χ2v) is 6.93. The lowest BCUT2D eigenvalue weighted by Crippen LogP contribution is -2.29. The molecule has 0 aliphatic rings. The van der Waals surface area contributed by atoms with E-state index in [4.69, 9.17) is 28.7 Å². The minimum atomic E-state index is 0.502. The molecule has 10 N–H and O–H groups in total. The third-order valence-corrected chi connectivity index (χ3v) is 4.61. The smallest absolute Gasteiger partial charge is 0.00486 e. The summed E-state index contributed by atoms with van der Waals surface area (Å²) in [7, 11) is 0. The van der Waals surface area contributed by atoms with Crippen LogP contribution >= 0.6 is 0 Å². The summed E-state index contributed by atoms with van der Waals surface area (Å²) in [5.41, 5.74) is 29.3. The van der Waals surface area contributed by atoms with Crippen LogP contribution in [0.4, 0.5) is 0 Å². The Balaban J connectivity index is 4.39. The van der Waals surface area contributed by atoms with Gasteiger partial charge in [-0.1, -0.05) is 13.8 Å². The third-order valence-electron chi connectivity index (χ3n) is 4.61. The predicted molar refractivity (Wildman–Crippen MR) is 92.5 cm³/mol. The zero-order valence-electron chi connectivity index (χ0n) is 14.1. The van der Waals surface area contributed by atoms with Gasteiger partial charge in [-0.15, -0.1) is 0 Å². The Labute approximate surface area is 131 Å². The van der Waals surface area contributed by atoms with Gasteiger partial charge in [0.05, 0.1) is 0 Å². The van der Waals surface area contributed by atoms with Gasteiger partial charge < -0.3 is 28.7 Å². The maximum absolute atomic E-state index is 5.97. The van der Waals surface area contributed by atoms with E-state index in [2.05, 4.69) is 13.8 Å². The van der Waals surface area contributed by atoms with Crippen LogP contribution in [0.25, 0.3) is 0 Å². The zero-order valence-corrected chi connectivity index (χ0v) is 14.1. The second-order valence-electron chi connectivity index (χ2n) is 6.93. The average Bonchev–Trinajstić information content (AvgIpc) is 2.51. The van der Waals surface area contributed by atoms with E-state index >= 15 is 0 Å². The lowest BCUT2D eigenvalue weighted by molar-refractivity contribution is 0.265. The molecule has 0 aliphatic carbocycles. The average molecular weight is 302 g/mol. The van der Waals surface area contributed by atoms with Crippen molar-refractivity contribution in [3.63, 3.8) is 0 Å². The number of hydrogen-bond acceptors (Lipinski definition) is 5. The Morgan fingerprint density at radius 1 is 0.476 bits per heavy atom. The molecular weight excluding hydrogens is 262 g/mol. The summed E-state index contributed by atoms with van der Waals surface area (Å²) in [6, 6.07) is 0. The zero-order chi connectivity index (χ0) is 16.3. The lowest BCUT2D eigenvalue weighted by Gasteiger charge is -2.27. The van der Waals surface area contributed by atoms with Crippen molar-refractivity contribution in [2.24, 2.45) is 58.3 Å². The monoisotopic (exact) mass is 301 g/mol. The van der Waals surface area contributed by atoms with Gasteiger partial charge in [0, 0.05) is 0 Å². The number of rotatable bonds is 13. The van der Waals surface area contributed by atoms with Crippen LogP contribution in [0.5, 0.6) is 0 Å². The molecule has 0 saturated carbocycles. The standard InChI is InChI=1S/C16H39N5/c1-12(7-17)3-14(9-19)5-16(11-21)6-15(10-20)4-13(2)8-18/h12-16H,3-11,17-21H2,1-2H3. The third kappa shape index (κ3) is 9.42. The molecule has 0 spiro atoms. The molecule has 21 heavy (non-hydrogen) atoms.